The summed E-state index contributed by atoms with van der Waals surface area (Å²) in [6, 6.07) is 11.5. The van der Waals surface area contributed by atoms with Crippen LogP contribution in [0.25, 0.3) is 11.4 Å². The number of rotatable bonds is 6. The fraction of sp³-hybridized carbons (Fsp3) is 0.250. The normalized spacial score (nSPS) is 13.3. The van der Waals surface area contributed by atoms with Gasteiger partial charge in [0.25, 0.3) is 0 Å². The minimum Gasteiger partial charge on any atom is -0.454 e. The van der Waals surface area contributed by atoms with Crippen LogP contribution in [-0.4, -0.2) is 33.2 Å². The molecule has 4 rings (SSSR count). The van der Waals surface area contributed by atoms with Gasteiger partial charge in [-0.15, -0.1) is 10.2 Å². The lowest BCUT2D eigenvalue weighted by Gasteiger charge is -2.14. The standard InChI is InChI=1S/C20H19FN4O3S/c1-12(14-5-8-16-17(9-14)28-11-27-16)22-18(26)10-29-20-24-23-19(25(20)2)13-3-6-15(21)7-4-13/h3-9,12H,10-11H2,1-2H3,(H,22,26)/t12-/m1/s1. The number of nitrogens with one attached hydrogen (secondary N) is 1. The van der Waals surface area contributed by atoms with Crippen molar-refractivity contribution in [2.45, 2.75) is 18.1 Å². The molecule has 1 N–H and O–H groups in total. The molecule has 0 aliphatic carbocycles. The number of carbonyl (C=O) groups is 1. The van der Waals surface area contributed by atoms with Crippen molar-refractivity contribution in [3.8, 4) is 22.9 Å². The van der Waals surface area contributed by atoms with E-state index in [0.29, 0.717) is 22.5 Å². The van der Waals surface area contributed by atoms with Crippen molar-refractivity contribution < 1.29 is 18.7 Å². The van der Waals surface area contributed by atoms with Crippen LogP contribution in [0.5, 0.6) is 11.5 Å². The molecule has 1 aliphatic heterocycles. The summed E-state index contributed by atoms with van der Waals surface area (Å²) in [5.41, 5.74) is 1.69. The highest BCUT2D eigenvalue weighted by Gasteiger charge is 2.18. The number of thioether (sulfide) groups is 1. The Morgan fingerprint density at radius 3 is 2.76 bits per heavy atom. The number of fused-ring (bicyclic) bond motifs is 1. The summed E-state index contributed by atoms with van der Waals surface area (Å²) in [5, 5.41) is 11.9. The summed E-state index contributed by atoms with van der Waals surface area (Å²) in [4.78, 5) is 12.4. The van der Waals surface area contributed by atoms with Gasteiger partial charge in [0.2, 0.25) is 12.7 Å². The highest BCUT2D eigenvalue weighted by Crippen LogP contribution is 2.34. The minimum absolute atomic E-state index is 0.119. The van der Waals surface area contributed by atoms with Crippen molar-refractivity contribution in [1.29, 1.82) is 0 Å². The van der Waals surface area contributed by atoms with Crippen LogP contribution in [-0.2, 0) is 11.8 Å². The summed E-state index contributed by atoms with van der Waals surface area (Å²) in [7, 11) is 1.81. The molecule has 150 valence electrons. The first kappa shape index (κ1) is 19.3. The molecule has 0 unspecified atom stereocenters. The Hall–Kier alpha value is -3.07. The van der Waals surface area contributed by atoms with E-state index in [1.54, 1.807) is 16.7 Å². The fourth-order valence-electron chi connectivity index (χ4n) is 2.97. The zero-order valence-corrected chi connectivity index (χ0v) is 16.7. The van der Waals surface area contributed by atoms with Crippen LogP contribution in [0.4, 0.5) is 4.39 Å². The number of amides is 1. The molecule has 0 saturated heterocycles. The van der Waals surface area contributed by atoms with Gasteiger partial charge in [0.05, 0.1) is 11.8 Å². The second-order valence-corrected chi connectivity index (χ2v) is 7.51. The second-order valence-electron chi connectivity index (χ2n) is 6.56. The van der Waals surface area contributed by atoms with Gasteiger partial charge in [0.1, 0.15) is 5.82 Å². The lowest BCUT2D eigenvalue weighted by atomic mass is 10.1. The highest BCUT2D eigenvalue weighted by atomic mass is 32.2. The molecule has 1 aliphatic rings. The van der Waals surface area contributed by atoms with Crippen LogP contribution in [0.15, 0.2) is 47.6 Å². The van der Waals surface area contributed by atoms with E-state index in [2.05, 4.69) is 15.5 Å². The molecule has 0 radical (unpaired) electrons. The lowest BCUT2D eigenvalue weighted by Crippen LogP contribution is -2.28. The van der Waals surface area contributed by atoms with E-state index in [9.17, 15) is 9.18 Å². The van der Waals surface area contributed by atoms with Crippen LogP contribution in [0, 0.1) is 5.82 Å². The molecule has 0 bridgehead atoms. The molecular weight excluding hydrogens is 395 g/mol. The largest absolute Gasteiger partial charge is 0.454 e. The maximum atomic E-state index is 13.1. The molecule has 2 aromatic carbocycles. The van der Waals surface area contributed by atoms with Crippen molar-refractivity contribution in [2.24, 2.45) is 7.05 Å². The Labute approximate surface area is 171 Å². The van der Waals surface area contributed by atoms with Crippen LogP contribution < -0.4 is 14.8 Å². The van der Waals surface area contributed by atoms with E-state index in [1.807, 2.05) is 32.2 Å². The maximum Gasteiger partial charge on any atom is 0.231 e. The van der Waals surface area contributed by atoms with Gasteiger partial charge in [0, 0.05) is 12.6 Å². The van der Waals surface area contributed by atoms with Gasteiger partial charge in [0.15, 0.2) is 22.5 Å². The smallest absolute Gasteiger partial charge is 0.231 e. The molecule has 29 heavy (non-hydrogen) atoms. The third-order valence-electron chi connectivity index (χ3n) is 4.54. The van der Waals surface area contributed by atoms with Gasteiger partial charge in [-0.2, -0.15) is 0 Å². The van der Waals surface area contributed by atoms with Crippen molar-refractivity contribution >= 4 is 17.7 Å². The number of nitrogens with zero attached hydrogens (tertiary/aromatic N) is 3. The number of carbonyl (C=O) groups excluding carboxylic acids is 1. The number of benzene rings is 2. The van der Waals surface area contributed by atoms with Crippen LogP contribution in [0.1, 0.15) is 18.5 Å². The number of halogens is 1. The number of aromatic nitrogens is 3. The Morgan fingerprint density at radius 1 is 1.21 bits per heavy atom. The Bertz CT molecular complexity index is 1040. The second kappa shape index (κ2) is 8.12. The molecule has 1 aromatic heterocycles. The molecule has 2 heterocycles. The van der Waals surface area contributed by atoms with E-state index < -0.39 is 0 Å². The third kappa shape index (κ3) is 4.19. The van der Waals surface area contributed by atoms with E-state index in [4.69, 9.17) is 9.47 Å². The zero-order chi connectivity index (χ0) is 20.4. The van der Waals surface area contributed by atoms with Crippen molar-refractivity contribution in [2.75, 3.05) is 12.5 Å². The van der Waals surface area contributed by atoms with Gasteiger partial charge in [-0.25, -0.2) is 4.39 Å². The summed E-state index contributed by atoms with van der Waals surface area (Å²) >= 11 is 1.29. The SMILES string of the molecule is C[C@@H](NC(=O)CSc1nnc(-c2ccc(F)cc2)n1C)c1ccc2c(c1)OCO2. The molecular formula is C20H19FN4O3S. The molecule has 0 spiro atoms. The molecule has 1 amide bonds. The van der Waals surface area contributed by atoms with Gasteiger partial charge in [-0.3, -0.25) is 4.79 Å². The summed E-state index contributed by atoms with van der Waals surface area (Å²) < 4.78 is 25.6. The average Bonchev–Trinajstić information content (AvgIpc) is 3.33. The van der Waals surface area contributed by atoms with Gasteiger partial charge < -0.3 is 19.4 Å². The van der Waals surface area contributed by atoms with Crippen LogP contribution >= 0.6 is 11.8 Å². The van der Waals surface area contributed by atoms with Gasteiger partial charge >= 0.3 is 0 Å². The van der Waals surface area contributed by atoms with E-state index in [0.717, 1.165) is 11.1 Å². The lowest BCUT2D eigenvalue weighted by molar-refractivity contribution is -0.119. The molecule has 9 heteroatoms. The fourth-order valence-corrected chi connectivity index (χ4v) is 3.69. The summed E-state index contributed by atoms with van der Waals surface area (Å²) in [6.45, 7) is 2.13. The molecule has 1 atom stereocenters. The highest BCUT2D eigenvalue weighted by molar-refractivity contribution is 7.99. The van der Waals surface area contributed by atoms with Crippen molar-refractivity contribution in [3.63, 3.8) is 0 Å². The monoisotopic (exact) mass is 414 g/mol. The maximum absolute atomic E-state index is 13.1. The number of hydrogen-bond donors (Lipinski definition) is 1. The summed E-state index contributed by atoms with van der Waals surface area (Å²) in [5.74, 6) is 1.78. The predicted octanol–water partition coefficient (Wildman–Crippen LogP) is 3.32. The van der Waals surface area contributed by atoms with E-state index in [1.165, 1.54) is 23.9 Å². The Balaban J connectivity index is 1.35. The topological polar surface area (TPSA) is 78.3 Å². The molecule has 7 nitrogen and oxygen atoms in total. The minimum atomic E-state index is -0.307. The average molecular weight is 414 g/mol. The van der Waals surface area contributed by atoms with Crippen LogP contribution in [0.3, 0.4) is 0 Å². The first-order valence-electron chi connectivity index (χ1n) is 8.98. The molecule has 0 fully saturated rings. The predicted molar refractivity (Wildman–Crippen MR) is 106 cm³/mol. The quantitative estimate of drug-likeness (QED) is 0.624. The summed E-state index contributed by atoms with van der Waals surface area (Å²) in [6.07, 6.45) is 0. The zero-order valence-electron chi connectivity index (χ0n) is 15.9. The third-order valence-corrected chi connectivity index (χ3v) is 5.56. The van der Waals surface area contributed by atoms with Crippen LogP contribution in [0.2, 0.25) is 0 Å². The molecule has 0 saturated carbocycles. The van der Waals surface area contributed by atoms with Gasteiger partial charge in [-0.05, 0) is 48.9 Å². The number of hydrogen-bond acceptors (Lipinski definition) is 6. The van der Waals surface area contributed by atoms with Gasteiger partial charge in [-0.1, -0.05) is 17.8 Å². The van der Waals surface area contributed by atoms with Crippen molar-refractivity contribution in [3.05, 3.63) is 53.8 Å². The first-order chi connectivity index (χ1) is 14.0. The Morgan fingerprint density at radius 2 is 1.97 bits per heavy atom. The first-order valence-corrected chi connectivity index (χ1v) is 9.97. The van der Waals surface area contributed by atoms with E-state index >= 15 is 0 Å². The number of ether oxygens (including phenoxy) is 2. The Kier molecular flexibility index (Phi) is 5.39. The van der Waals surface area contributed by atoms with Crippen molar-refractivity contribution in [1.82, 2.24) is 20.1 Å². The van der Waals surface area contributed by atoms with E-state index in [-0.39, 0.29) is 30.3 Å². The molecule has 3 aromatic rings.